The van der Waals surface area contributed by atoms with E-state index < -0.39 is 23.6 Å². The predicted molar refractivity (Wildman–Crippen MR) is 63.4 cm³/mol. The molecule has 0 radical (unpaired) electrons. The lowest BCUT2D eigenvalue weighted by Gasteiger charge is -2.09. The highest BCUT2D eigenvalue weighted by molar-refractivity contribution is 6.01. The van der Waals surface area contributed by atoms with Gasteiger partial charge in [0.15, 0.2) is 0 Å². The smallest absolute Gasteiger partial charge is 0.337 e. The number of fused-ring (bicyclic) bond motifs is 1. The van der Waals surface area contributed by atoms with Gasteiger partial charge in [0.05, 0.1) is 16.6 Å². The summed E-state index contributed by atoms with van der Waals surface area (Å²) in [6.45, 7) is 1.48. The van der Waals surface area contributed by atoms with Gasteiger partial charge in [0, 0.05) is 0 Å². The van der Waals surface area contributed by atoms with Crippen LogP contribution in [0.3, 0.4) is 0 Å². The standard InChI is InChI=1S/C11H11N3O4/c1-5(9(12)15)14-7-4-2-3-6(10(16)17)8(7)13-11(14)18/h2-5H,1H3,(H2,12,15)(H,13,18)(H,16,17). The van der Waals surface area contributed by atoms with Crippen LogP contribution in [0.5, 0.6) is 0 Å². The maximum atomic E-state index is 11.8. The minimum Gasteiger partial charge on any atom is -0.478 e. The Balaban J connectivity index is 2.82. The molecule has 0 saturated carbocycles. The molecule has 4 N–H and O–H groups in total. The Morgan fingerprint density at radius 3 is 2.67 bits per heavy atom. The normalized spacial score (nSPS) is 12.5. The molecule has 0 fully saturated rings. The number of aromatic carboxylic acids is 1. The highest BCUT2D eigenvalue weighted by Crippen LogP contribution is 2.18. The van der Waals surface area contributed by atoms with Gasteiger partial charge in [-0.15, -0.1) is 0 Å². The van der Waals surface area contributed by atoms with Gasteiger partial charge in [-0.05, 0) is 19.1 Å². The highest BCUT2D eigenvalue weighted by atomic mass is 16.4. The van der Waals surface area contributed by atoms with E-state index in [1.165, 1.54) is 19.1 Å². The van der Waals surface area contributed by atoms with Crippen LogP contribution in [0.1, 0.15) is 23.3 Å². The number of aromatic nitrogens is 2. The van der Waals surface area contributed by atoms with Crippen molar-refractivity contribution in [1.82, 2.24) is 9.55 Å². The number of hydrogen-bond donors (Lipinski definition) is 3. The molecule has 1 atom stereocenters. The quantitative estimate of drug-likeness (QED) is 0.713. The number of carbonyl (C=O) groups excluding carboxylic acids is 1. The van der Waals surface area contributed by atoms with Crippen molar-refractivity contribution in [2.45, 2.75) is 13.0 Å². The van der Waals surface area contributed by atoms with Crippen LogP contribution in [0.15, 0.2) is 23.0 Å². The summed E-state index contributed by atoms with van der Waals surface area (Å²) in [7, 11) is 0. The number of imidazole rings is 1. The molecular formula is C11H11N3O4. The van der Waals surface area contributed by atoms with Crippen molar-refractivity contribution < 1.29 is 14.7 Å². The molecule has 1 heterocycles. The SMILES string of the molecule is CC(C(N)=O)n1c(=O)[nH]c2c(C(=O)O)cccc21. The van der Waals surface area contributed by atoms with E-state index in [1.54, 1.807) is 6.07 Å². The molecule has 0 saturated heterocycles. The van der Waals surface area contributed by atoms with Gasteiger partial charge in [-0.25, -0.2) is 9.59 Å². The first-order chi connectivity index (χ1) is 8.43. The van der Waals surface area contributed by atoms with E-state index in [4.69, 9.17) is 10.8 Å². The number of aromatic amines is 1. The first-order valence-electron chi connectivity index (χ1n) is 5.19. The number of para-hydroxylation sites is 1. The number of carboxylic acids is 1. The summed E-state index contributed by atoms with van der Waals surface area (Å²) in [6, 6.07) is 3.58. The summed E-state index contributed by atoms with van der Waals surface area (Å²) in [5.74, 6) is -1.82. The number of benzene rings is 1. The first-order valence-corrected chi connectivity index (χ1v) is 5.19. The zero-order valence-corrected chi connectivity index (χ0v) is 9.51. The van der Waals surface area contributed by atoms with Gasteiger partial charge in [0.2, 0.25) is 5.91 Å². The van der Waals surface area contributed by atoms with E-state index in [0.717, 1.165) is 4.57 Å². The molecule has 0 aliphatic carbocycles. The number of nitrogens with zero attached hydrogens (tertiary/aromatic N) is 1. The van der Waals surface area contributed by atoms with Crippen LogP contribution in [0.4, 0.5) is 0 Å². The van der Waals surface area contributed by atoms with Gasteiger partial charge >= 0.3 is 11.7 Å². The number of primary amides is 1. The Bertz CT molecular complexity index is 698. The molecule has 1 amide bonds. The van der Waals surface area contributed by atoms with Crippen LogP contribution >= 0.6 is 0 Å². The number of carbonyl (C=O) groups is 2. The van der Waals surface area contributed by atoms with Crippen molar-refractivity contribution in [3.05, 3.63) is 34.2 Å². The lowest BCUT2D eigenvalue weighted by molar-refractivity contribution is -0.120. The molecule has 0 spiro atoms. The largest absolute Gasteiger partial charge is 0.478 e. The Kier molecular flexibility index (Phi) is 2.66. The van der Waals surface area contributed by atoms with Crippen molar-refractivity contribution in [1.29, 1.82) is 0 Å². The fraction of sp³-hybridized carbons (Fsp3) is 0.182. The van der Waals surface area contributed by atoms with E-state index in [2.05, 4.69) is 4.98 Å². The van der Waals surface area contributed by atoms with Crippen LogP contribution < -0.4 is 11.4 Å². The third-order valence-electron chi connectivity index (χ3n) is 2.78. The Hall–Kier alpha value is -2.57. The number of H-pyrrole nitrogens is 1. The second-order valence-electron chi connectivity index (χ2n) is 3.88. The third kappa shape index (κ3) is 1.65. The van der Waals surface area contributed by atoms with Crippen molar-refractivity contribution in [3.63, 3.8) is 0 Å². The maximum Gasteiger partial charge on any atom is 0.337 e. The lowest BCUT2D eigenvalue weighted by Crippen LogP contribution is -2.30. The van der Waals surface area contributed by atoms with Gasteiger partial charge in [0.25, 0.3) is 0 Å². The molecule has 1 aromatic heterocycles. The summed E-state index contributed by atoms with van der Waals surface area (Å²) in [5, 5.41) is 9.01. The van der Waals surface area contributed by atoms with Crippen molar-refractivity contribution >= 4 is 22.9 Å². The summed E-state index contributed by atoms with van der Waals surface area (Å²) in [4.78, 5) is 36.4. The van der Waals surface area contributed by atoms with Gasteiger partial charge in [-0.3, -0.25) is 9.36 Å². The molecular weight excluding hydrogens is 238 g/mol. The van der Waals surface area contributed by atoms with E-state index in [9.17, 15) is 14.4 Å². The van der Waals surface area contributed by atoms with E-state index in [0.29, 0.717) is 5.52 Å². The molecule has 2 rings (SSSR count). The summed E-state index contributed by atoms with van der Waals surface area (Å²) >= 11 is 0. The second-order valence-corrected chi connectivity index (χ2v) is 3.88. The second kappa shape index (κ2) is 4.02. The number of nitrogens with one attached hydrogen (secondary N) is 1. The number of amides is 1. The fourth-order valence-electron chi connectivity index (χ4n) is 1.84. The minimum absolute atomic E-state index is 0.0278. The van der Waals surface area contributed by atoms with Crippen LogP contribution in [-0.4, -0.2) is 26.5 Å². The number of carboxylic acid groups (broad SMARTS) is 1. The number of nitrogens with two attached hydrogens (primary N) is 1. The summed E-state index contributed by atoms with van der Waals surface area (Å²) < 4.78 is 1.14. The highest BCUT2D eigenvalue weighted by Gasteiger charge is 2.20. The molecule has 18 heavy (non-hydrogen) atoms. The molecule has 0 aliphatic heterocycles. The molecule has 2 aromatic rings. The summed E-state index contributed by atoms with van der Waals surface area (Å²) in [5.41, 5.74) is 5.09. The molecule has 94 valence electrons. The van der Waals surface area contributed by atoms with Crippen LogP contribution in [0.2, 0.25) is 0 Å². The average molecular weight is 249 g/mol. The monoisotopic (exact) mass is 249 g/mol. The van der Waals surface area contributed by atoms with E-state index in [-0.39, 0.29) is 11.1 Å². The predicted octanol–water partition coefficient (Wildman–Crippen LogP) is 0.0741. The van der Waals surface area contributed by atoms with Crippen LogP contribution in [-0.2, 0) is 4.79 Å². The molecule has 7 heteroatoms. The number of rotatable bonds is 3. The van der Waals surface area contributed by atoms with Gasteiger partial charge in [0.1, 0.15) is 6.04 Å². The molecule has 1 unspecified atom stereocenters. The van der Waals surface area contributed by atoms with E-state index in [1.807, 2.05) is 0 Å². The fourth-order valence-corrected chi connectivity index (χ4v) is 1.84. The lowest BCUT2D eigenvalue weighted by atomic mass is 10.2. The molecule has 0 bridgehead atoms. The van der Waals surface area contributed by atoms with Crippen LogP contribution in [0, 0.1) is 0 Å². The van der Waals surface area contributed by atoms with E-state index >= 15 is 0 Å². The average Bonchev–Trinajstić information content (AvgIpc) is 2.63. The maximum absolute atomic E-state index is 11.8. The topological polar surface area (TPSA) is 118 Å². The molecule has 0 aliphatic rings. The minimum atomic E-state index is -1.15. The Labute approximate surface area is 101 Å². The Morgan fingerprint density at radius 2 is 2.11 bits per heavy atom. The van der Waals surface area contributed by atoms with Gasteiger partial charge in [-0.1, -0.05) is 6.07 Å². The first kappa shape index (κ1) is 11.9. The molecule has 7 nitrogen and oxygen atoms in total. The van der Waals surface area contributed by atoms with Crippen LogP contribution in [0.25, 0.3) is 11.0 Å². The van der Waals surface area contributed by atoms with Crippen molar-refractivity contribution in [3.8, 4) is 0 Å². The number of hydrogen-bond acceptors (Lipinski definition) is 3. The Morgan fingerprint density at radius 1 is 1.44 bits per heavy atom. The van der Waals surface area contributed by atoms with Crippen molar-refractivity contribution in [2.75, 3.05) is 0 Å². The van der Waals surface area contributed by atoms with Crippen molar-refractivity contribution in [2.24, 2.45) is 5.73 Å². The zero-order chi connectivity index (χ0) is 13.4. The van der Waals surface area contributed by atoms with Gasteiger partial charge in [-0.2, -0.15) is 0 Å². The zero-order valence-electron chi connectivity index (χ0n) is 9.51. The summed E-state index contributed by atoms with van der Waals surface area (Å²) in [6.07, 6.45) is 0. The van der Waals surface area contributed by atoms with Gasteiger partial charge < -0.3 is 15.8 Å². The third-order valence-corrected chi connectivity index (χ3v) is 2.78. The molecule has 1 aromatic carbocycles.